The molecule has 2 N–H and O–H groups in total. The zero-order valence-corrected chi connectivity index (χ0v) is 9.11. The number of hydrogen-bond donors (Lipinski definition) is 1. The van der Waals surface area contributed by atoms with E-state index in [9.17, 15) is 0 Å². The molecule has 6 nitrogen and oxygen atoms in total. The fraction of sp³-hybridized carbons (Fsp3) is 1.00. The van der Waals surface area contributed by atoms with Crippen molar-refractivity contribution in [3.63, 3.8) is 0 Å². The maximum absolute atomic E-state index is 5.60. The zero-order valence-electron chi connectivity index (χ0n) is 9.11. The van der Waals surface area contributed by atoms with E-state index < -0.39 is 12.2 Å². The average molecular weight is 209 g/mol. The molecule has 0 aromatic carbocycles. The minimum absolute atomic E-state index is 0.0231. The molecule has 0 aromatic rings. The molecular weight excluding hydrogens is 190 g/mol. The molecule has 1 unspecified atom stereocenters. The molecule has 0 amide bonds. The number of methoxy groups -OCH3 is 3. The first-order valence-electron chi connectivity index (χ1n) is 4.27. The molecule has 0 rings (SSSR count). The molecule has 0 spiro atoms. The normalized spacial score (nSPS) is 14.4. The van der Waals surface area contributed by atoms with Crippen molar-refractivity contribution in [2.24, 2.45) is 5.73 Å². The molecule has 1 atom stereocenters. The molecule has 0 saturated carbocycles. The van der Waals surface area contributed by atoms with E-state index in [1.54, 1.807) is 0 Å². The SMILES string of the molecule is CCOCOC(OC)(OC)C(N)OC. The fourth-order valence-corrected chi connectivity index (χ4v) is 0.867. The highest BCUT2D eigenvalue weighted by atomic mass is 16.9. The van der Waals surface area contributed by atoms with Crippen LogP contribution in [0.1, 0.15) is 6.92 Å². The van der Waals surface area contributed by atoms with Gasteiger partial charge in [0.2, 0.25) is 0 Å². The highest BCUT2D eigenvalue weighted by Crippen LogP contribution is 2.17. The highest BCUT2D eigenvalue weighted by Gasteiger charge is 2.39. The van der Waals surface area contributed by atoms with Crippen LogP contribution in [0.4, 0.5) is 0 Å². The lowest BCUT2D eigenvalue weighted by Crippen LogP contribution is -2.54. The topological polar surface area (TPSA) is 72.2 Å². The van der Waals surface area contributed by atoms with Crippen LogP contribution in [-0.4, -0.2) is 46.9 Å². The Labute approximate surface area is 84.2 Å². The van der Waals surface area contributed by atoms with E-state index >= 15 is 0 Å². The lowest BCUT2D eigenvalue weighted by atomic mass is 10.5. The second kappa shape index (κ2) is 7.10. The van der Waals surface area contributed by atoms with Gasteiger partial charge in [0.1, 0.15) is 0 Å². The van der Waals surface area contributed by atoms with Crippen LogP contribution in [-0.2, 0) is 23.7 Å². The van der Waals surface area contributed by atoms with E-state index in [0.29, 0.717) is 6.61 Å². The molecule has 6 heteroatoms. The summed E-state index contributed by atoms with van der Waals surface area (Å²) in [5, 5.41) is 0. The smallest absolute Gasteiger partial charge is 0.326 e. The van der Waals surface area contributed by atoms with E-state index in [0.717, 1.165) is 0 Å². The number of rotatable bonds is 8. The van der Waals surface area contributed by atoms with Crippen molar-refractivity contribution in [1.82, 2.24) is 0 Å². The van der Waals surface area contributed by atoms with E-state index in [4.69, 9.17) is 29.4 Å². The van der Waals surface area contributed by atoms with Crippen molar-refractivity contribution in [2.45, 2.75) is 19.1 Å². The zero-order chi connectivity index (χ0) is 11.0. The summed E-state index contributed by atoms with van der Waals surface area (Å²) in [6.07, 6.45) is -0.849. The van der Waals surface area contributed by atoms with Crippen LogP contribution < -0.4 is 5.73 Å². The lowest BCUT2D eigenvalue weighted by molar-refractivity contribution is -0.414. The van der Waals surface area contributed by atoms with Gasteiger partial charge in [-0.05, 0) is 6.92 Å². The van der Waals surface area contributed by atoms with Crippen LogP contribution in [0.3, 0.4) is 0 Å². The molecule has 0 fully saturated rings. The number of ether oxygens (including phenoxy) is 5. The third kappa shape index (κ3) is 3.49. The summed E-state index contributed by atoms with van der Waals surface area (Å²) < 4.78 is 25.1. The van der Waals surface area contributed by atoms with Gasteiger partial charge in [-0.15, -0.1) is 0 Å². The summed E-state index contributed by atoms with van der Waals surface area (Å²) in [5.41, 5.74) is 5.60. The van der Waals surface area contributed by atoms with Gasteiger partial charge < -0.3 is 18.9 Å². The van der Waals surface area contributed by atoms with Gasteiger partial charge in [0, 0.05) is 27.9 Å². The van der Waals surface area contributed by atoms with E-state index in [1.807, 2.05) is 6.92 Å². The summed E-state index contributed by atoms with van der Waals surface area (Å²) in [6.45, 7) is 2.40. The van der Waals surface area contributed by atoms with Gasteiger partial charge in [-0.2, -0.15) is 0 Å². The molecule has 86 valence electrons. The minimum Gasteiger partial charge on any atom is -0.358 e. The molecule has 0 aliphatic rings. The molecule has 0 bridgehead atoms. The van der Waals surface area contributed by atoms with Crippen LogP contribution in [0.2, 0.25) is 0 Å². The number of hydrogen-bond acceptors (Lipinski definition) is 6. The Kier molecular flexibility index (Phi) is 6.98. The Morgan fingerprint density at radius 1 is 1.21 bits per heavy atom. The van der Waals surface area contributed by atoms with Gasteiger partial charge in [0.25, 0.3) is 0 Å². The Morgan fingerprint density at radius 2 is 1.79 bits per heavy atom. The van der Waals surface area contributed by atoms with Crippen molar-refractivity contribution < 1.29 is 23.7 Å². The van der Waals surface area contributed by atoms with Gasteiger partial charge in [-0.3, -0.25) is 10.5 Å². The Balaban J connectivity index is 4.21. The van der Waals surface area contributed by atoms with Crippen LogP contribution >= 0.6 is 0 Å². The van der Waals surface area contributed by atoms with Crippen LogP contribution in [0, 0.1) is 0 Å². The van der Waals surface area contributed by atoms with E-state index in [1.165, 1.54) is 21.3 Å². The third-order valence-corrected chi connectivity index (χ3v) is 1.72. The standard InChI is InChI=1S/C8H19NO5/c1-5-13-6-14-8(11-3,12-4)7(9)10-2/h7H,5-6,9H2,1-4H3. The quantitative estimate of drug-likeness (QED) is 0.443. The molecule has 0 aliphatic heterocycles. The van der Waals surface area contributed by atoms with Gasteiger partial charge in [0.15, 0.2) is 13.0 Å². The van der Waals surface area contributed by atoms with Crippen molar-refractivity contribution in [3.8, 4) is 0 Å². The lowest BCUT2D eigenvalue weighted by Gasteiger charge is -2.33. The molecule has 0 aromatic heterocycles. The molecule has 0 heterocycles. The molecule has 14 heavy (non-hydrogen) atoms. The summed E-state index contributed by atoms with van der Waals surface area (Å²) >= 11 is 0. The van der Waals surface area contributed by atoms with Crippen molar-refractivity contribution >= 4 is 0 Å². The Morgan fingerprint density at radius 3 is 2.14 bits per heavy atom. The van der Waals surface area contributed by atoms with Crippen LogP contribution in [0.15, 0.2) is 0 Å². The highest BCUT2D eigenvalue weighted by molar-refractivity contribution is 4.63. The maximum atomic E-state index is 5.60. The second-order valence-electron chi connectivity index (χ2n) is 2.42. The largest absolute Gasteiger partial charge is 0.358 e. The monoisotopic (exact) mass is 209 g/mol. The first kappa shape index (κ1) is 13.8. The van der Waals surface area contributed by atoms with Gasteiger partial charge in [0.05, 0.1) is 0 Å². The predicted molar refractivity (Wildman–Crippen MR) is 49.3 cm³/mol. The molecule has 0 aliphatic carbocycles. The summed E-state index contributed by atoms with van der Waals surface area (Å²) in [6, 6.07) is 0. The molecular formula is C8H19NO5. The molecule has 0 saturated heterocycles. The first-order valence-corrected chi connectivity index (χ1v) is 4.27. The minimum atomic E-state index is -1.43. The van der Waals surface area contributed by atoms with Crippen LogP contribution in [0.5, 0.6) is 0 Å². The average Bonchev–Trinajstić information content (AvgIpc) is 2.24. The maximum Gasteiger partial charge on any atom is 0.326 e. The summed E-state index contributed by atoms with van der Waals surface area (Å²) in [5.74, 6) is -1.43. The van der Waals surface area contributed by atoms with Gasteiger partial charge in [-0.25, -0.2) is 0 Å². The van der Waals surface area contributed by atoms with Gasteiger partial charge >= 0.3 is 5.97 Å². The summed E-state index contributed by atoms with van der Waals surface area (Å²) in [7, 11) is 4.25. The summed E-state index contributed by atoms with van der Waals surface area (Å²) in [4.78, 5) is 0. The fourth-order valence-electron chi connectivity index (χ4n) is 0.867. The molecule has 0 radical (unpaired) electrons. The predicted octanol–water partition coefficient (Wildman–Crippen LogP) is -0.125. The van der Waals surface area contributed by atoms with Crippen molar-refractivity contribution in [3.05, 3.63) is 0 Å². The Bertz CT molecular complexity index is 140. The van der Waals surface area contributed by atoms with Crippen molar-refractivity contribution in [1.29, 1.82) is 0 Å². The second-order valence-corrected chi connectivity index (χ2v) is 2.42. The number of nitrogens with two attached hydrogens (primary N) is 1. The Hall–Kier alpha value is -0.240. The van der Waals surface area contributed by atoms with Crippen molar-refractivity contribution in [2.75, 3.05) is 34.7 Å². The van der Waals surface area contributed by atoms with E-state index in [-0.39, 0.29) is 6.79 Å². The van der Waals surface area contributed by atoms with E-state index in [2.05, 4.69) is 0 Å². The first-order chi connectivity index (χ1) is 6.66. The van der Waals surface area contributed by atoms with Gasteiger partial charge in [-0.1, -0.05) is 0 Å². The third-order valence-electron chi connectivity index (χ3n) is 1.72. The van der Waals surface area contributed by atoms with Crippen LogP contribution in [0.25, 0.3) is 0 Å².